The van der Waals surface area contributed by atoms with Crippen LogP contribution in [0.15, 0.2) is 53.6 Å². The fourth-order valence-corrected chi connectivity index (χ4v) is 2.85. The number of rotatable bonds is 7. The number of nitro groups is 2. The Kier molecular flexibility index (Phi) is 5.63. The number of hydrogen-bond donors (Lipinski definition) is 1. The highest BCUT2D eigenvalue weighted by atomic mass is 16.6. The van der Waals surface area contributed by atoms with Crippen molar-refractivity contribution in [2.45, 2.75) is 20.4 Å². The van der Waals surface area contributed by atoms with Crippen LogP contribution in [0.3, 0.4) is 0 Å². The Bertz CT molecular complexity index is 1090. The molecule has 2 aromatic carbocycles. The van der Waals surface area contributed by atoms with Gasteiger partial charge in [0.15, 0.2) is 0 Å². The van der Waals surface area contributed by atoms with E-state index in [4.69, 9.17) is 0 Å². The lowest BCUT2D eigenvalue weighted by atomic mass is 10.2. The van der Waals surface area contributed by atoms with E-state index in [0.717, 1.165) is 28.6 Å². The molecule has 0 saturated heterocycles. The fourth-order valence-electron chi connectivity index (χ4n) is 2.85. The van der Waals surface area contributed by atoms with Crippen molar-refractivity contribution in [1.29, 1.82) is 0 Å². The van der Waals surface area contributed by atoms with Gasteiger partial charge in [0.2, 0.25) is 0 Å². The number of benzene rings is 2. The van der Waals surface area contributed by atoms with Crippen molar-refractivity contribution < 1.29 is 9.85 Å². The summed E-state index contributed by atoms with van der Waals surface area (Å²) in [4.78, 5) is 20.6. The average Bonchev–Trinajstić information content (AvgIpc) is 2.96. The van der Waals surface area contributed by atoms with Crippen LogP contribution in [0.2, 0.25) is 0 Å². The third-order valence-corrected chi connectivity index (χ3v) is 4.38. The van der Waals surface area contributed by atoms with Crippen LogP contribution in [0.4, 0.5) is 17.1 Å². The van der Waals surface area contributed by atoms with Crippen molar-refractivity contribution in [2.24, 2.45) is 5.10 Å². The highest BCUT2D eigenvalue weighted by Crippen LogP contribution is 2.28. The van der Waals surface area contributed by atoms with Crippen LogP contribution in [0.1, 0.15) is 22.5 Å². The predicted molar refractivity (Wildman–Crippen MR) is 108 cm³/mol. The number of aryl methyl sites for hydroxylation is 1. The second kappa shape index (κ2) is 8.30. The minimum Gasteiger partial charge on any atom is -0.272 e. The van der Waals surface area contributed by atoms with E-state index in [0.29, 0.717) is 6.54 Å². The summed E-state index contributed by atoms with van der Waals surface area (Å²) in [5, 5.41) is 30.6. The number of nitrogens with zero attached hydrogens (tertiary/aromatic N) is 5. The Morgan fingerprint density at radius 3 is 2.48 bits per heavy atom. The van der Waals surface area contributed by atoms with Crippen LogP contribution in [0, 0.1) is 34.1 Å². The first kappa shape index (κ1) is 19.7. The number of anilines is 1. The van der Waals surface area contributed by atoms with E-state index >= 15 is 0 Å². The first-order chi connectivity index (χ1) is 13.9. The largest absolute Gasteiger partial charge is 0.301 e. The lowest BCUT2D eigenvalue weighted by Crippen LogP contribution is -2.04. The number of hydrogen-bond acceptors (Lipinski definition) is 7. The summed E-state index contributed by atoms with van der Waals surface area (Å²) in [5.74, 6) is 0. The van der Waals surface area contributed by atoms with E-state index in [1.54, 1.807) is 0 Å². The molecule has 1 aromatic heterocycles. The zero-order chi connectivity index (χ0) is 21.0. The quantitative estimate of drug-likeness (QED) is 0.368. The normalized spacial score (nSPS) is 11.0. The SMILES string of the molecule is Cc1nn(Cc2ccccc2)c(C)c1/C=N/Nc1ccc([N+](=O)[O-])cc1[N+](=O)[O-]. The van der Waals surface area contributed by atoms with Gasteiger partial charge in [-0.3, -0.25) is 30.3 Å². The van der Waals surface area contributed by atoms with Crippen LogP contribution < -0.4 is 5.43 Å². The Morgan fingerprint density at radius 2 is 1.83 bits per heavy atom. The topological polar surface area (TPSA) is 128 Å². The molecule has 3 rings (SSSR count). The summed E-state index contributed by atoms with van der Waals surface area (Å²) in [7, 11) is 0. The molecule has 0 aliphatic rings. The third kappa shape index (κ3) is 4.43. The molecule has 0 fully saturated rings. The van der Waals surface area contributed by atoms with Gasteiger partial charge in [0.1, 0.15) is 5.69 Å². The summed E-state index contributed by atoms with van der Waals surface area (Å²) < 4.78 is 1.86. The Labute approximate surface area is 165 Å². The molecule has 0 radical (unpaired) electrons. The Hall–Kier alpha value is -4.08. The molecule has 0 bridgehead atoms. The average molecular weight is 394 g/mol. The minimum absolute atomic E-state index is 0.0591. The number of non-ortho nitro benzene ring substituents is 1. The van der Waals surface area contributed by atoms with Crippen molar-refractivity contribution in [2.75, 3.05) is 5.43 Å². The molecular weight excluding hydrogens is 376 g/mol. The van der Waals surface area contributed by atoms with Gasteiger partial charge in [0.25, 0.3) is 5.69 Å². The lowest BCUT2D eigenvalue weighted by Gasteiger charge is -2.04. The van der Waals surface area contributed by atoms with Crippen LogP contribution >= 0.6 is 0 Å². The van der Waals surface area contributed by atoms with E-state index in [1.807, 2.05) is 48.9 Å². The standard InChI is InChI=1S/C19H18N6O4/c1-13-17(14(2)23(22-13)12-15-6-4-3-5-7-15)11-20-21-18-9-8-16(24(26)27)10-19(18)25(28)29/h3-11,21H,12H2,1-2H3/b20-11+. The zero-order valence-electron chi connectivity index (χ0n) is 15.8. The summed E-state index contributed by atoms with van der Waals surface area (Å²) in [6.07, 6.45) is 1.53. The van der Waals surface area contributed by atoms with E-state index in [9.17, 15) is 20.2 Å². The smallest absolute Gasteiger partial charge is 0.272 e. The maximum Gasteiger partial charge on any atom is 0.301 e. The molecule has 10 nitrogen and oxygen atoms in total. The van der Waals surface area contributed by atoms with Gasteiger partial charge in [-0.15, -0.1) is 0 Å². The molecule has 29 heavy (non-hydrogen) atoms. The Morgan fingerprint density at radius 1 is 1.10 bits per heavy atom. The van der Waals surface area contributed by atoms with Gasteiger partial charge >= 0.3 is 5.69 Å². The van der Waals surface area contributed by atoms with Crippen molar-refractivity contribution in [3.05, 3.63) is 91.3 Å². The Balaban J connectivity index is 1.81. The summed E-state index contributed by atoms with van der Waals surface area (Å²) in [6, 6.07) is 13.2. The van der Waals surface area contributed by atoms with E-state index in [1.165, 1.54) is 18.3 Å². The molecule has 1 heterocycles. The molecule has 148 valence electrons. The summed E-state index contributed by atoms with van der Waals surface area (Å²) >= 11 is 0. The molecular formula is C19H18N6O4. The molecule has 1 N–H and O–H groups in total. The highest BCUT2D eigenvalue weighted by molar-refractivity contribution is 5.83. The predicted octanol–water partition coefficient (Wildman–Crippen LogP) is 3.81. The molecule has 3 aromatic rings. The van der Waals surface area contributed by atoms with Gasteiger partial charge in [-0.1, -0.05) is 30.3 Å². The summed E-state index contributed by atoms with van der Waals surface area (Å²) in [5.41, 5.74) is 5.43. The van der Waals surface area contributed by atoms with Crippen molar-refractivity contribution in [1.82, 2.24) is 9.78 Å². The molecule has 10 heteroatoms. The molecule has 0 atom stereocenters. The maximum absolute atomic E-state index is 11.2. The van der Waals surface area contributed by atoms with Crippen LogP contribution in [0.5, 0.6) is 0 Å². The van der Waals surface area contributed by atoms with Gasteiger partial charge in [-0.2, -0.15) is 10.2 Å². The maximum atomic E-state index is 11.2. The minimum atomic E-state index is -0.695. The lowest BCUT2D eigenvalue weighted by molar-refractivity contribution is -0.393. The van der Waals surface area contributed by atoms with E-state index in [2.05, 4.69) is 15.6 Å². The van der Waals surface area contributed by atoms with Gasteiger partial charge in [-0.25, -0.2) is 0 Å². The first-order valence-corrected chi connectivity index (χ1v) is 8.66. The van der Waals surface area contributed by atoms with E-state index < -0.39 is 15.5 Å². The number of hydrazone groups is 1. The highest BCUT2D eigenvalue weighted by Gasteiger charge is 2.19. The van der Waals surface area contributed by atoms with Gasteiger partial charge < -0.3 is 0 Å². The van der Waals surface area contributed by atoms with Crippen LogP contribution in [-0.2, 0) is 6.54 Å². The number of nitrogens with one attached hydrogen (secondary N) is 1. The third-order valence-electron chi connectivity index (χ3n) is 4.38. The molecule has 0 amide bonds. The van der Waals surface area contributed by atoms with Gasteiger partial charge in [0, 0.05) is 17.3 Å². The molecule has 0 aliphatic carbocycles. The number of aromatic nitrogens is 2. The van der Waals surface area contributed by atoms with Gasteiger partial charge in [0.05, 0.1) is 34.4 Å². The second-order valence-electron chi connectivity index (χ2n) is 6.31. The monoisotopic (exact) mass is 394 g/mol. The van der Waals surface area contributed by atoms with Crippen LogP contribution in [-0.4, -0.2) is 25.8 Å². The number of nitro benzene ring substituents is 2. The summed E-state index contributed by atoms with van der Waals surface area (Å²) in [6.45, 7) is 4.38. The van der Waals surface area contributed by atoms with E-state index in [-0.39, 0.29) is 11.4 Å². The van der Waals surface area contributed by atoms with Crippen molar-refractivity contribution in [3.63, 3.8) is 0 Å². The first-order valence-electron chi connectivity index (χ1n) is 8.66. The fraction of sp³-hybridized carbons (Fsp3) is 0.158. The van der Waals surface area contributed by atoms with Crippen molar-refractivity contribution in [3.8, 4) is 0 Å². The molecule has 0 saturated carbocycles. The zero-order valence-corrected chi connectivity index (χ0v) is 15.8. The van der Waals surface area contributed by atoms with Crippen LogP contribution in [0.25, 0.3) is 0 Å². The molecule has 0 spiro atoms. The van der Waals surface area contributed by atoms with Crippen molar-refractivity contribution >= 4 is 23.3 Å². The second-order valence-corrected chi connectivity index (χ2v) is 6.31. The van der Waals surface area contributed by atoms with Gasteiger partial charge in [-0.05, 0) is 25.5 Å². The molecule has 0 unspecified atom stereocenters. The molecule has 0 aliphatic heterocycles.